The van der Waals surface area contributed by atoms with E-state index in [0.717, 1.165) is 31.4 Å². The topological polar surface area (TPSA) is 120 Å². The third kappa shape index (κ3) is 4.34. The standard InChI is InChI=1S/C26H26ClN5O3/c27-16-4-6-17(7-5-16)30-23-21(22(28)24(29)34)26(12-13-26)15-32(25(23)35)19-10-8-18(9-11-19)31-14-2-1-3-20(31)33/h4-11,21,28H,1-3,12-15H2,(H2,29,34). The van der Waals surface area contributed by atoms with Gasteiger partial charge in [0.15, 0.2) is 0 Å². The number of amides is 3. The monoisotopic (exact) mass is 491 g/mol. The Kier molecular flexibility index (Phi) is 5.92. The lowest BCUT2D eigenvalue weighted by Gasteiger charge is -2.39. The SMILES string of the molecule is N=C(C(N)=O)C1C(=Nc2ccc(Cl)cc2)C(=O)N(c2ccc(N3CCCCC3=O)cc2)CC12CC2. The third-order valence-corrected chi connectivity index (χ3v) is 7.39. The fraction of sp³-hybridized carbons (Fsp3) is 0.346. The van der Waals surface area contributed by atoms with E-state index >= 15 is 0 Å². The van der Waals surface area contributed by atoms with E-state index in [4.69, 9.17) is 22.7 Å². The third-order valence-electron chi connectivity index (χ3n) is 7.14. The maximum Gasteiger partial charge on any atom is 0.273 e. The van der Waals surface area contributed by atoms with Crippen LogP contribution in [-0.4, -0.2) is 42.2 Å². The number of piperidine rings is 2. The number of hydrogen-bond acceptors (Lipinski definition) is 5. The second-order valence-corrected chi connectivity index (χ2v) is 9.89. The molecule has 0 aromatic heterocycles. The van der Waals surface area contributed by atoms with Crippen LogP contribution in [0.5, 0.6) is 0 Å². The summed E-state index contributed by atoms with van der Waals surface area (Å²) in [6.45, 7) is 1.06. The fourth-order valence-electron chi connectivity index (χ4n) is 5.09. The number of nitrogens with one attached hydrogen (secondary N) is 1. The van der Waals surface area contributed by atoms with E-state index in [0.29, 0.717) is 35.9 Å². The van der Waals surface area contributed by atoms with Gasteiger partial charge in [0.05, 0.1) is 11.6 Å². The lowest BCUT2D eigenvalue weighted by atomic mass is 9.76. The molecule has 8 nitrogen and oxygen atoms in total. The van der Waals surface area contributed by atoms with Crippen LogP contribution in [0.15, 0.2) is 53.5 Å². The molecule has 1 atom stereocenters. The van der Waals surface area contributed by atoms with Gasteiger partial charge in [-0.05, 0) is 74.2 Å². The zero-order valence-electron chi connectivity index (χ0n) is 19.2. The summed E-state index contributed by atoms with van der Waals surface area (Å²) in [5.41, 5.74) is 6.89. The van der Waals surface area contributed by atoms with Crippen molar-refractivity contribution >= 4 is 57.8 Å². The van der Waals surface area contributed by atoms with Crippen molar-refractivity contribution in [3.8, 4) is 0 Å². The molecule has 180 valence electrons. The van der Waals surface area contributed by atoms with Gasteiger partial charge in [-0.2, -0.15) is 0 Å². The van der Waals surface area contributed by atoms with Gasteiger partial charge in [0.25, 0.3) is 11.8 Å². The first-order valence-electron chi connectivity index (χ1n) is 11.7. The number of aliphatic imine (C=N–C) groups is 1. The first-order chi connectivity index (χ1) is 16.8. The van der Waals surface area contributed by atoms with Gasteiger partial charge >= 0.3 is 0 Å². The smallest absolute Gasteiger partial charge is 0.273 e. The van der Waals surface area contributed by atoms with Crippen molar-refractivity contribution in [2.75, 3.05) is 22.9 Å². The molecule has 1 saturated carbocycles. The summed E-state index contributed by atoms with van der Waals surface area (Å²) >= 11 is 6.00. The molecule has 0 radical (unpaired) electrons. The number of nitrogens with zero attached hydrogens (tertiary/aromatic N) is 3. The number of carbonyl (C=O) groups is 3. The second-order valence-electron chi connectivity index (χ2n) is 9.46. The molecule has 9 heteroatoms. The molecule has 1 aliphatic carbocycles. The average Bonchev–Trinajstić information content (AvgIpc) is 3.62. The number of benzene rings is 2. The van der Waals surface area contributed by atoms with Crippen LogP contribution in [0.2, 0.25) is 5.02 Å². The highest BCUT2D eigenvalue weighted by Crippen LogP contribution is 2.56. The zero-order valence-corrected chi connectivity index (χ0v) is 19.9. The van der Waals surface area contributed by atoms with Crippen LogP contribution in [0.25, 0.3) is 0 Å². The number of anilines is 2. The Morgan fingerprint density at radius 2 is 1.63 bits per heavy atom. The highest BCUT2D eigenvalue weighted by atomic mass is 35.5. The molecular formula is C26H26ClN5O3. The molecule has 2 saturated heterocycles. The summed E-state index contributed by atoms with van der Waals surface area (Å²) in [4.78, 5) is 46.1. The number of nitrogens with two attached hydrogens (primary N) is 1. The summed E-state index contributed by atoms with van der Waals surface area (Å²) in [5, 5.41) is 8.94. The summed E-state index contributed by atoms with van der Waals surface area (Å²) in [6.07, 6.45) is 3.95. The molecule has 2 aromatic carbocycles. The van der Waals surface area contributed by atoms with E-state index in [-0.39, 0.29) is 23.2 Å². The van der Waals surface area contributed by atoms with Crippen LogP contribution in [0.4, 0.5) is 17.1 Å². The molecule has 3 aliphatic rings. The largest absolute Gasteiger partial charge is 0.365 e. The van der Waals surface area contributed by atoms with Crippen molar-refractivity contribution in [1.82, 2.24) is 0 Å². The summed E-state index contributed by atoms with van der Waals surface area (Å²) in [7, 11) is 0. The van der Waals surface area contributed by atoms with Crippen molar-refractivity contribution in [3.63, 3.8) is 0 Å². The van der Waals surface area contributed by atoms with E-state index < -0.39 is 17.2 Å². The van der Waals surface area contributed by atoms with Gasteiger partial charge in [0.1, 0.15) is 11.4 Å². The molecule has 1 unspecified atom stereocenters. The fourth-order valence-corrected chi connectivity index (χ4v) is 5.22. The van der Waals surface area contributed by atoms with Crippen molar-refractivity contribution in [1.29, 1.82) is 5.41 Å². The second kappa shape index (κ2) is 8.92. The Morgan fingerprint density at radius 1 is 1.00 bits per heavy atom. The van der Waals surface area contributed by atoms with Crippen molar-refractivity contribution in [2.45, 2.75) is 32.1 Å². The normalized spacial score (nSPS) is 22.5. The van der Waals surface area contributed by atoms with E-state index in [2.05, 4.69) is 4.99 Å². The number of carbonyl (C=O) groups excluding carboxylic acids is 3. The van der Waals surface area contributed by atoms with Gasteiger partial charge in [0, 0.05) is 41.3 Å². The molecule has 2 aliphatic heterocycles. The molecule has 5 rings (SSSR count). The van der Waals surface area contributed by atoms with Crippen LogP contribution in [-0.2, 0) is 14.4 Å². The van der Waals surface area contributed by atoms with Crippen LogP contribution >= 0.6 is 11.6 Å². The van der Waals surface area contributed by atoms with E-state index in [9.17, 15) is 14.4 Å². The Hall–Kier alpha value is -3.52. The minimum absolute atomic E-state index is 0.111. The molecule has 0 bridgehead atoms. The minimum Gasteiger partial charge on any atom is -0.365 e. The lowest BCUT2D eigenvalue weighted by Crippen LogP contribution is -2.56. The van der Waals surface area contributed by atoms with Gasteiger partial charge in [0.2, 0.25) is 5.91 Å². The predicted molar refractivity (Wildman–Crippen MR) is 136 cm³/mol. The van der Waals surface area contributed by atoms with Crippen molar-refractivity contribution < 1.29 is 14.4 Å². The Bertz CT molecular complexity index is 1230. The number of primary amides is 1. The summed E-state index contributed by atoms with van der Waals surface area (Å²) in [6, 6.07) is 14.1. The molecule has 1 spiro atoms. The average molecular weight is 492 g/mol. The number of rotatable bonds is 5. The quantitative estimate of drug-likeness (QED) is 0.617. The molecule has 3 fully saturated rings. The zero-order chi connectivity index (χ0) is 24.7. The van der Waals surface area contributed by atoms with E-state index in [1.807, 2.05) is 24.3 Å². The first kappa shape index (κ1) is 23.2. The van der Waals surface area contributed by atoms with Crippen molar-refractivity contribution in [3.05, 3.63) is 53.6 Å². The predicted octanol–water partition coefficient (Wildman–Crippen LogP) is 3.88. The van der Waals surface area contributed by atoms with Crippen molar-refractivity contribution in [2.24, 2.45) is 22.1 Å². The van der Waals surface area contributed by atoms with Crippen LogP contribution in [0, 0.1) is 16.7 Å². The molecule has 3 amide bonds. The summed E-state index contributed by atoms with van der Waals surface area (Å²) in [5.74, 6) is -1.86. The summed E-state index contributed by atoms with van der Waals surface area (Å²) < 4.78 is 0. The van der Waals surface area contributed by atoms with Gasteiger partial charge in [-0.3, -0.25) is 19.8 Å². The highest BCUT2D eigenvalue weighted by molar-refractivity contribution is 6.54. The van der Waals surface area contributed by atoms with E-state index in [1.165, 1.54) is 0 Å². The Morgan fingerprint density at radius 3 is 2.20 bits per heavy atom. The van der Waals surface area contributed by atoms with Crippen LogP contribution in [0.3, 0.4) is 0 Å². The molecule has 35 heavy (non-hydrogen) atoms. The van der Waals surface area contributed by atoms with Crippen LogP contribution in [0.1, 0.15) is 32.1 Å². The number of hydrogen-bond donors (Lipinski definition) is 2. The van der Waals surface area contributed by atoms with Gasteiger partial charge in [-0.15, -0.1) is 0 Å². The molecule has 2 heterocycles. The number of halogens is 1. The Balaban J connectivity index is 1.51. The highest BCUT2D eigenvalue weighted by Gasteiger charge is 2.60. The van der Waals surface area contributed by atoms with Gasteiger partial charge < -0.3 is 15.5 Å². The molecule has 2 aromatic rings. The maximum absolute atomic E-state index is 13.7. The molecular weight excluding hydrogens is 466 g/mol. The van der Waals surface area contributed by atoms with Gasteiger partial charge in [-0.25, -0.2) is 4.99 Å². The van der Waals surface area contributed by atoms with Crippen LogP contribution < -0.4 is 15.5 Å². The first-order valence-corrected chi connectivity index (χ1v) is 12.1. The Labute approximate surface area is 208 Å². The molecule has 3 N–H and O–H groups in total. The minimum atomic E-state index is -0.845. The maximum atomic E-state index is 13.7. The lowest BCUT2D eigenvalue weighted by molar-refractivity contribution is -0.119. The van der Waals surface area contributed by atoms with E-state index in [1.54, 1.807) is 34.1 Å². The van der Waals surface area contributed by atoms with Gasteiger partial charge in [-0.1, -0.05) is 11.6 Å².